The van der Waals surface area contributed by atoms with Crippen molar-refractivity contribution in [3.8, 4) is 11.5 Å². The Balaban J connectivity index is 0.000000181. The lowest BCUT2D eigenvalue weighted by atomic mass is 9.49. The van der Waals surface area contributed by atoms with Crippen LogP contribution in [0.4, 0.5) is 0 Å². The van der Waals surface area contributed by atoms with Crippen molar-refractivity contribution in [3.05, 3.63) is 53.0 Å². The summed E-state index contributed by atoms with van der Waals surface area (Å²) in [7, 11) is -1.26. The van der Waals surface area contributed by atoms with Gasteiger partial charge in [-0.2, -0.15) is 0 Å². The average molecular weight is 924 g/mol. The summed E-state index contributed by atoms with van der Waals surface area (Å²) in [5.41, 5.74) is -0.146. The average Bonchev–Trinajstić information content (AvgIpc) is 3.62. The summed E-state index contributed by atoms with van der Waals surface area (Å²) in [4.78, 5) is 0. The standard InChI is InChI=1S/C22H35BO3.C16H23BrO.C12H24B2O4/c1-20(2,3)16-8-12-18(13-9-16)24-19-14-10-17(11-15-19)23-25-21(4,5)22(6,7)26-23;1-16(2,3)12-4-8-14(9-5-12)18-15-10-6-13(17)7-11-15;1-9(2)10(3,4)16-13(15-9)14-17-11(5,6)12(7,8)18-14/h10-11,14-16,18H,8-9,12-13H2,1-7H3;6-7,10-12,14H,4-5,8-9H2,1-3H3;1-8H3. The topological polar surface area (TPSA) is 73.8 Å². The minimum Gasteiger partial charge on any atom is -0.490 e. The molecule has 62 heavy (non-hydrogen) atoms. The highest BCUT2D eigenvalue weighted by molar-refractivity contribution is 9.10. The molecule has 0 atom stereocenters. The van der Waals surface area contributed by atoms with Crippen molar-refractivity contribution in [1.82, 2.24) is 0 Å². The van der Waals surface area contributed by atoms with Gasteiger partial charge >= 0.3 is 21.1 Å². The fourth-order valence-electron chi connectivity index (χ4n) is 8.67. The molecule has 5 fully saturated rings. The molecule has 0 amide bonds. The van der Waals surface area contributed by atoms with Crippen LogP contribution in [0.3, 0.4) is 0 Å². The molecule has 0 radical (unpaired) electrons. The molecule has 5 aliphatic rings. The summed E-state index contributed by atoms with van der Waals surface area (Å²) in [6, 6.07) is 16.4. The van der Waals surface area contributed by atoms with Gasteiger partial charge in [-0.1, -0.05) is 69.6 Å². The summed E-state index contributed by atoms with van der Waals surface area (Å²) in [5.74, 6) is 3.61. The summed E-state index contributed by atoms with van der Waals surface area (Å²) >= 11 is 3.44. The van der Waals surface area contributed by atoms with Crippen molar-refractivity contribution in [2.24, 2.45) is 22.7 Å². The predicted molar refractivity (Wildman–Crippen MR) is 260 cm³/mol. The predicted octanol–water partition coefficient (Wildman–Crippen LogP) is 12.7. The Hall–Kier alpha value is -1.53. The van der Waals surface area contributed by atoms with E-state index in [0.29, 0.717) is 23.0 Å². The summed E-state index contributed by atoms with van der Waals surface area (Å²) in [6.07, 6.45) is 10.6. The molecule has 2 saturated carbocycles. The number of benzene rings is 2. The summed E-state index contributed by atoms with van der Waals surface area (Å²) in [5, 5.41) is 0. The zero-order valence-electron chi connectivity index (χ0n) is 42.0. The molecule has 0 spiro atoms. The maximum Gasteiger partial charge on any atom is 0.494 e. The molecule has 0 N–H and O–H groups in total. The van der Waals surface area contributed by atoms with Crippen LogP contribution < -0.4 is 14.9 Å². The molecule has 2 aromatic rings. The lowest BCUT2D eigenvalue weighted by molar-refractivity contribution is 0.00578. The van der Waals surface area contributed by atoms with Crippen molar-refractivity contribution in [2.75, 3.05) is 0 Å². The number of halogens is 1. The molecule has 12 heteroatoms. The normalized spacial score (nSPS) is 28.3. The Morgan fingerprint density at radius 2 is 0.710 bits per heavy atom. The maximum absolute atomic E-state index is 6.23. The molecule has 346 valence electrons. The van der Waals surface area contributed by atoms with E-state index in [1.165, 1.54) is 38.5 Å². The number of hydrogen-bond donors (Lipinski definition) is 0. The second-order valence-electron chi connectivity index (χ2n) is 23.8. The van der Waals surface area contributed by atoms with Gasteiger partial charge < -0.3 is 37.4 Å². The maximum atomic E-state index is 6.23. The smallest absolute Gasteiger partial charge is 0.490 e. The minimum absolute atomic E-state index is 0.307. The second kappa shape index (κ2) is 19.0. The first kappa shape index (κ1) is 51.5. The first-order chi connectivity index (χ1) is 28.3. The van der Waals surface area contributed by atoms with E-state index in [0.717, 1.165) is 46.1 Å². The highest BCUT2D eigenvalue weighted by atomic mass is 79.9. The third kappa shape index (κ3) is 12.7. The van der Waals surface area contributed by atoms with Crippen LogP contribution in [-0.2, 0) is 27.9 Å². The molecule has 3 heterocycles. The van der Waals surface area contributed by atoms with E-state index < -0.39 is 14.0 Å². The number of rotatable bonds is 6. The van der Waals surface area contributed by atoms with Crippen LogP contribution in [0.1, 0.15) is 176 Å². The molecule has 2 aliphatic carbocycles. The van der Waals surface area contributed by atoms with Gasteiger partial charge in [-0.05, 0) is 199 Å². The Kier molecular flexibility index (Phi) is 15.8. The summed E-state index contributed by atoms with van der Waals surface area (Å²) < 4.78 is 49.5. The quantitative estimate of drug-likeness (QED) is 0.265. The van der Waals surface area contributed by atoms with Crippen LogP contribution in [0, 0.1) is 22.7 Å². The van der Waals surface area contributed by atoms with Gasteiger partial charge in [0.15, 0.2) is 0 Å². The molecular formula is C50H82B3BrO8. The molecule has 0 unspecified atom stereocenters. The molecular weight excluding hydrogens is 841 g/mol. The van der Waals surface area contributed by atoms with Crippen LogP contribution in [0.15, 0.2) is 53.0 Å². The first-order valence-electron chi connectivity index (χ1n) is 23.6. The van der Waals surface area contributed by atoms with E-state index >= 15 is 0 Å². The molecule has 3 aliphatic heterocycles. The Morgan fingerprint density at radius 3 is 1.00 bits per heavy atom. The molecule has 7 rings (SSSR count). The zero-order valence-corrected chi connectivity index (χ0v) is 43.5. The van der Waals surface area contributed by atoms with Gasteiger partial charge in [0.05, 0.1) is 45.8 Å². The van der Waals surface area contributed by atoms with Gasteiger partial charge in [0.1, 0.15) is 11.5 Å². The van der Waals surface area contributed by atoms with Gasteiger partial charge in [-0.25, -0.2) is 0 Å². The number of hydrogen-bond acceptors (Lipinski definition) is 8. The van der Waals surface area contributed by atoms with Crippen molar-refractivity contribution in [3.63, 3.8) is 0 Å². The van der Waals surface area contributed by atoms with Gasteiger partial charge in [-0.3, -0.25) is 0 Å². The van der Waals surface area contributed by atoms with Crippen LogP contribution in [0.5, 0.6) is 11.5 Å². The minimum atomic E-state index is -0.476. The first-order valence-corrected chi connectivity index (χ1v) is 24.4. The second-order valence-corrected chi connectivity index (χ2v) is 24.7. The van der Waals surface area contributed by atoms with Crippen LogP contribution in [0.2, 0.25) is 0 Å². The summed E-state index contributed by atoms with van der Waals surface area (Å²) in [6.45, 7) is 38.7. The van der Waals surface area contributed by atoms with Crippen molar-refractivity contribution in [2.45, 2.75) is 222 Å². The van der Waals surface area contributed by atoms with E-state index in [1.54, 1.807) is 0 Å². The van der Waals surface area contributed by atoms with Crippen LogP contribution in [-0.4, -0.2) is 67.0 Å². The molecule has 3 saturated heterocycles. The lowest BCUT2D eigenvalue weighted by Gasteiger charge is -2.36. The van der Waals surface area contributed by atoms with E-state index in [-0.39, 0.29) is 40.7 Å². The van der Waals surface area contributed by atoms with Gasteiger partial charge in [-0.15, -0.1) is 0 Å². The van der Waals surface area contributed by atoms with Crippen molar-refractivity contribution < 1.29 is 37.4 Å². The Labute approximate surface area is 387 Å². The van der Waals surface area contributed by atoms with Crippen LogP contribution in [0.25, 0.3) is 0 Å². The monoisotopic (exact) mass is 923 g/mol. The van der Waals surface area contributed by atoms with Crippen molar-refractivity contribution >= 4 is 42.5 Å². The molecule has 8 nitrogen and oxygen atoms in total. The third-order valence-electron chi connectivity index (χ3n) is 15.4. The highest BCUT2D eigenvalue weighted by Gasteiger charge is 2.63. The molecule has 0 bridgehead atoms. The molecule has 2 aromatic carbocycles. The largest absolute Gasteiger partial charge is 0.494 e. The van der Waals surface area contributed by atoms with E-state index in [4.69, 9.17) is 37.4 Å². The SMILES string of the molecule is CC(C)(C)C1CCC(Oc2ccc(B3OC(C)(C)C(C)(C)O3)cc2)CC1.CC(C)(C)C1CCC(Oc2ccc(Br)cc2)CC1.CC1(C)OB(B2OC(C)(C)C(C)(C)O2)OC1(C)C. The van der Waals surface area contributed by atoms with Gasteiger partial charge in [0.2, 0.25) is 0 Å². The Morgan fingerprint density at radius 1 is 0.435 bits per heavy atom. The van der Waals surface area contributed by atoms with Crippen LogP contribution >= 0.6 is 15.9 Å². The Bertz CT molecular complexity index is 1650. The van der Waals surface area contributed by atoms with Crippen molar-refractivity contribution in [1.29, 1.82) is 0 Å². The van der Waals surface area contributed by atoms with E-state index in [2.05, 4.69) is 109 Å². The fraction of sp³-hybridized carbons (Fsp3) is 0.760. The van der Waals surface area contributed by atoms with Gasteiger partial charge in [0.25, 0.3) is 0 Å². The highest BCUT2D eigenvalue weighted by Crippen LogP contribution is 2.44. The molecule has 0 aromatic heterocycles. The fourth-order valence-corrected chi connectivity index (χ4v) is 8.94. The number of ether oxygens (including phenoxy) is 2. The van der Waals surface area contributed by atoms with E-state index in [1.807, 2.05) is 79.7 Å². The third-order valence-corrected chi connectivity index (χ3v) is 15.9. The zero-order chi connectivity index (χ0) is 46.3. The lowest BCUT2D eigenvalue weighted by Crippen LogP contribution is -2.41. The van der Waals surface area contributed by atoms with E-state index in [9.17, 15) is 0 Å². The van der Waals surface area contributed by atoms with Gasteiger partial charge in [0, 0.05) is 4.47 Å².